The van der Waals surface area contributed by atoms with Crippen LogP contribution in [0.3, 0.4) is 0 Å². The summed E-state index contributed by atoms with van der Waals surface area (Å²) in [5.41, 5.74) is 1.51. The Labute approximate surface area is 110 Å². The van der Waals surface area contributed by atoms with Crippen molar-refractivity contribution in [1.29, 1.82) is 0 Å². The molecule has 1 unspecified atom stereocenters. The van der Waals surface area contributed by atoms with Gasteiger partial charge in [0.25, 0.3) is 0 Å². The van der Waals surface area contributed by atoms with E-state index in [2.05, 4.69) is 19.2 Å². The highest BCUT2D eigenvalue weighted by atomic mass is 19.1. The van der Waals surface area contributed by atoms with E-state index >= 15 is 0 Å². The van der Waals surface area contributed by atoms with Gasteiger partial charge in [-0.05, 0) is 50.9 Å². The summed E-state index contributed by atoms with van der Waals surface area (Å²) < 4.78 is 19.4. The van der Waals surface area contributed by atoms with Gasteiger partial charge in [0.05, 0.1) is 6.61 Å². The molecule has 1 aromatic carbocycles. The Kier molecular flexibility index (Phi) is 5.60. The van der Waals surface area contributed by atoms with Crippen LogP contribution < -0.4 is 10.1 Å². The third-order valence-electron chi connectivity index (χ3n) is 3.14. The zero-order valence-corrected chi connectivity index (χ0v) is 12.0. The number of hydrogen-bond acceptors (Lipinski definition) is 2. The van der Waals surface area contributed by atoms with Crippen molar-refractivity contribution in [2.24, 2.45) is 5.92 Å². The van der Waals surface area contributed by atoms with Crippen LogP contribution in [0.25, 0.3) is 0 Å². The first-order valence-electron chi connectivity index (χ1n) is 6.55. The Balaban J connectivity index is 2.89. The highest BCUT2D eigenvalue weighted by molar-refractivity contribution is 5.40. The number of ether oxygens (including phenoxy) is 1. The molecule has 0 radical (unpaired) electrons. The lowest BCUT2D eigenvalue weighted by atomic mass is 10.0. The highest BCUT2D eigenvalue weighted by Gasteiger charge is 2.13. The third kappa shape index (κ3) is 3.98. The van der Waals surface area contributed by atoms with Crippen LogP contribution in [-0.2, 0) is 0 Å². The van der Waals surface area contributed by atoms with Gasteiger partial charge in [0.2, 0.25) is 0 Å². The first-order valence-corrected chi connectivity index (χ1v) is 6.55. The van der Waals surface area contributed by atoms with Crippen molar-refractivity contribution in [3.8, 4) is 5.75 Å². The van der Waals surface area contributed by atoms with Gasteiger partial charge in [0, 0.05) is 11.6 Å². The molecule has 0 aliphatic rings. The van der Waals surface area contributed by atoms with E-state index in [4.69, 9.17) is 4.74 Å². The first-order chi connectivity index (χ1) is 8.45. The molecule has 0 aliphatic carbocycles. The maximum absolute atomic E-state index is 13.6. The molecule has 1 rings (SSSR count). The van der Waals surface area contributed by atoms with Gasteiger partial charge in [-0.15, -0.1) is 0 Å². The topological polar surface area (TPSA) is 21.3 Å². The molecule has 1 N–H and O–H groups in total. The van der Waals surface area contributed by atoms with Crippen LogP contribution in [0.1, 0.15) is 44.4 Å². The number of hydrogen-bond donors (Lipinski definition) is 1. The lowest BCUT2D eigenvalue weighted by Gasteiger charge is -2.18. The van der Waals surface area contributed by atoms with Gasteiger partial charge < -0.3 is 10.1 Å². The van der Waals surface area contributed by atoms with E-state index in [0.29, 0.717) is 18.1 Å². The maximum atomic E-state index is 13.6. The minimum absolute atomic E-state index is 0.0779. The molecule has 1 aromatic rings. The molecule has 0 saturated carbocycles. The molecule has 0 fully saturated rings. The smallest absolute Gasteiger partial charge is 0.126 e. The maximum Gasteiger partial charge on any atom is 0.126 e. The van der Waals surface area contributed by atoms with Crippen LogP contribution in [-0.4, -0.2) is 13.7 Å². The van der Waals surface area contributed by atoms with Gasteiger partial charge >= 0.3 is 0 Å². The largest absolute Gasteiger partial charge is 0.493 e. The van der Waals surface area contributed by atoms with Crippen LogP contribution in [0, 0.1) is 18.7 Å². The number of halogens is 1. The van der Waals surface area contributed by atoms with Gasteiger partial charge in [-0.25, -0.2) is 4.39 Å². The number of aryl methyl sites for hydroxylation is 1. The third-order valence-corrected chi connectivity index (χ3v) is 3.14. The summed E-state index contributed by atoms with van der Waals surface area (Å²) in [7, 11) is 1.86. The van der Waals surface area contributed by atoms with Crippen LogP contribution in [0.2, 0.25) is 0 Å². The summed E-state index contributed by atoms with van der Waals surface area (Å²) in [5.74, 6) is 1.22. The molecule has 0 heterocycles. The second-order valence-electron chi connectivity index (χ2n) is 5.18. The molecule has 2 nitrogen and oxygen atoms in total. The van der Waals surface area contributed by atoms with E-state index < -0.39 is 0 Å². The van der Waals surface area contributed by atoms with Crippen LogP contribution >= 0.6 is 0 Å². The monoisotopic (exact) mass is 253 g/mol. The summed E-state index contributed by atoms with van der Waals surface area (Å²) in [4.78, 5) is 0. The molecule has 0 saturated heterocycles. The summed E-state index contributed by atoms with van der Waals surface area (Å²) in [5, 5.41) is 3.12. The molecule has 0 spiro atoms. The fourth-order valence-electron chi connectivity index (χ4n) is 1.69. The predicted molar refractivity (Wildman–Crippen MR) is 73.6 cm³/mol. The molecule has 3 heteroatoms. The van der Waals surface area contributed by atoms with Crippen molar-refractivity contribution in [2.75, 3.05) is 13.7 Å². The number of rotatable bonds is 6. The predicted octanol–water partition coefficient (Wildman–Crippen LogP) is 3.84. The van der Waals surface area contributed by atoms with Crippen molar-refractivity contribution in [3.63, 3.8) is 0 Å². The van der Waals surface area contributed by atoms with Crippen LogP contribution in [0.5, 0.6) is 5.75 Å². The zero-order chi connectivity index (χ0) is 13.7. The van der Waals surface area contributed by atoms with E-state index in [1.165, 1.54) is 0 Å². The average Bonchev–Trinajstić information content (AvgIpc) is 2.32. The van der Waals surface area contributed by atoms with E-state index in [1.807, 2.05) is 14.0 Å². The Morgan fingerprint density at radius 2 is 1.94 bits per heavy atom. The lowest BCUT2D eigenvalue weighted by molar-refractivity contribution is 0.284. The molecule has 0 aromatic heterocycles. The fraction of sp³-hybridized carbons (Fsp3) is 0.600. The van der Waals surface area contributed by atoms with E-state index in [0.717, 1.165) is 17.7 Å². The van der Waals surface area contributed by atoms with Crippen molar-refractivity contribution in [3.05, 3.63) is 29.1 Å². The second-order valence-corrected chi connectivity index (χ2v) is 5.18. The summed E-state index contributed by atoms with van der Waals surface area (Å²) in [6, 6.07) is 3.44. The van der Waals surface area contributed by atoms with Crippen molar-refractivity contribution >= 4 is 0 Å². The van der Waals surface area contributed by atoms with Gasteiger partial charge in [-0.1, -0.05) is 13.8 Å². The number of nitrogens with one attached hydrogen (secondary N) is 1. The van der Waals surface area contributed by atoms with Crippen molar-refractivity contribution in [2.45, 2.75) is 40.2 Å². The Morgan fingerprint density at radius 1 is 1.28 bits per heavy atom. The van der Waals surface area contributed by atoms with Gasteiger partial charge in [0.1, 0.15) is 11.6 Å². The molecular formula is C15H24FNO. The van der Waals surface area contributed by atoms with E-state index in [9.17, 15) is 4.39 Å². The van der Waals surface area contributed by atoms with Crippen molar-refractivity contribution < 1.29 is 9.13 Å². The van der Waals surface area contributed by atoms with Gasteiger partial charge in [-0.3, -0.25) is 0 Å². The SMILES string of the molecule is CNC(C)c1cc(F)c(C)cc1OCCC(C)C. The quantitative estimate of drug-likeness (QED) is 0.831. The summed E-state index contributed by atoms with van der Waals surface area (Å²) in [6.45, 7) is 8.76. The second kappa shape index (κ2) is 6.74. The van der Waals surface area contributed by atoms with Gasteiger partial charge in [-0.2, -0.15) is 0 Å². The standard InChI is InChI=1S/C15H24FNO/c1-10(2)6-7-18-15-8-11(3)14(16)9-13(15)12(4)17-5/h8-10,12,17H,6-7H2,1-5H3. The molecule has 102 valence electrons. The van der Waals surface area contributed by atoms with Gasteiger partial charge in [0.15, 0.2) is 0 Å². The molecule has 0 bridgehead atoms. The minimum atomic E-state index is -0.177. The Hall–Kier alpha value is -1.09. The average molecular weight is 253 g/mol. The molecule has 18 heavy (non-hydrogen) atoms. The fourth-order valence-corrected chi connectivity index (χ4v) is 1.69. The van der Waals surface area contributed by atoms with Crippen LogP contribution in [0.4, 0.5) is 4.39 Å². The van der Waals surface area contributed by atoms with E-state index in [-0.39, 0.29) is 11.9 Å². The lowest BCUT2D eigenvalue weighted by Crippen LogP contribution is -2.15. The normalized spacial score (nSPS) is 12.8. The summed E-state index contributed by atoms with van der Waals surface area (Å²) in [6.07, 6.45) is 1.00. The molecule has 0 amide bonds. The Morgan fingerprint density at radius 3 is 2.50 bits per heavy atom. The first kappa shape index (κ1) is 15.0. The van der Waals surface area contributed by atoms with E-state index in [1.54, 1.807) is 19.1 Å². The molecule has 0 aliphatic heterocycles. The van der Waals surface area contributed by atoms with Crippen molar-refractivity contribution in [1.82, 2.24) is 5.32 Å². The molecular weight excluding hydrogens is 229 g/mol. The molecule has 1 atom stereocenters. The summed E-state index contributed by atoms with van der Waals surface area (Å²) >= 11 is 0. The minimum Gasteiger partial charge on any atom is -0.493 e. The Bertz CT molecular complexity index is 390. The zero-order valence-electron chi connectivity index (χ0n) is 12.0. The highest BCUT2D eigenvalue weighted by Crippen LogP contribution is 2.28. The van der Waals surface area contributed by atoms with Crippen LogP contribution in [0.15, 0.2) is 12.1 Å². The number of benzene rings is 1.